The maximum atomic E-state index is 10.5. The molecule has 1 heterocycles. The molecule has 0 bridgehead atoms. The van der Waals surface area contributed by atoms with E-state index in [-0.39, 0.29) is 0 Å². The van der Waals surface area contributed by atoms with E-state index in [1.807, 2.05) is 66.7 Å². The highest BCUT2D eigenvalue weighted by Crippen LogP contribution is 2.32. The molecule has 0 aliphatic rings. The van der Waals surface area contributed by atoms with E-state index in [1.54, 1.807) is 6.08 Å². The molecule has 28 heavy (non-hydrogen) atoms. The third-order valence-corrected chi connectivity index (χ3v) is 4.41. The first kappa shape index (κ1) is 17.5. The second-order valence-electron chi connectivity index (χ2n) is 6.32. The molecule has 0 saturated heterocycles. The minimum absolute atomic E-state index is 0.952. The Hall–Kier alpha value is -3.92. The van der Waals surface area contributed by atoms with E-state index in [0.717, 1.165) is 44.8 Å². The van der Waals surface area contributed by atoms with Gasteiger partial charge in [-0.15, -0.1) is 0 Å². The van der Waals surface area contributed by atoms with Crippen molar-refractivity contribution in [3.05, 3.63) is 96.6 Å². The van der Waals surface area contributed by atoms with Gasteiger partial charge < -0.3 is 10.4 Å². The summed E-state index contributed by atoms with van der Waals surface area (Å²) in [4.78, 5) is 15.2. The normalized spacial score (nSPS) is 11.6. The number of hydrogen-bond donors (Lipinski definition) is 2. The summed E-state index contributed by atoms with van der Waals surface area (Å²) >= 11 is 0. The monoisotopic (exact) mass is 366 g/mol. The standard InChI is InChI=1S/C24H18N2O2/c27-23(28)12-6-1-7-17-13-15-18(16-14-17)25-24-19-8-2-4-10-21(19)26-22-11-5-3-9-20(22)24/h1-16H,(H,25,26)(H,27,28)/b7-1+,12-6+. The zero-order valence-corrected chi connectivity index (χ0v) is 15.0. The molecule has 0 aliphatic heterocycles. The fourth-order valence-corrected chi connectivity index (χ4v) is 3.10. The lowest BCUT2D eigenvalue weighted by Gasteiger charge is -2.13. The lowest BCUT2D eigenvalue weighted by atomic mass is 10.1. The Labute approximate surface area is 162 Å². The number of nitrogens with one attached hydrogen (secondary N) is 1. The molecule has 4 rings (SSSR count). The Morgan fingerprint density at radius 1 is 0.821 bits per heavy atom. The lowest BCUT2D eigenvalue weighted by Crippen LogP contribution is -1.95. The molecule has 136 valence electrons. The molecule has 1 aromatic heterocycles. The average Bonchev–Trinajstić information content (AvgIpc) is 2.72. The maximum absolute atomic E-state index is 10.5. The van der Waals surface area contributed by atoms with Gasteiger partial charge in [0.1, 0.15) is 0 Å². The van der Waals surface area contributed by atoms with Crippen molar-refractivity contribution in [3.8, 4) is 0 Å². The minimum atomic E-state index is -0.957. The summed E-state index contributed by atoms with van der Waals surface area (Å²) < 4.78 is 0. The van der Waals surface area contributed by atoms with Gasteiger partial charge in [0.05, 0.1) is 16.7 Å². The molecular formula is C24H18N2O2. The molecule has 0 radical (unpaired) electrons. The molecule has 0 amide bonds. The number of carbonyl (C=O) groups is 1. The van der Waals surface area contributed by atoms with Gasteiger partial charge in [-0.2, -0.15) is 0 Å². The highest BCUT2D eigenvalue weighted by atomic mass is 16.4. The number of hydrogen-bond acceptors (Lipinski definition) is 3. The van der Waals surface area contributed by atoms with Crippen molar-refractivity contribution in [2.45, 2.75) is 0 Å². The molecule has 0 atom stereocenters. The van der Waals surface area contributed by atoms with E-state index >= 15 is 0 Å². The highest BCUT2D eigenvalue weighted by Gasteiger charge is 2.08. The number of benzene rings is 3. The van der Waals surface area contributed by atoms with Crippen LogP contribution in [0, 0.1) is 0 Å². The summed E-state index contributed by atoms with van der Waals surface area (Å²) in [6, 6.07) is 24.2. The average molecular weight is 366 g/mol. The number of anilines is 2. The van der Waals surface area contributed by atoms with Crippen LogP contribution in [0.3, 0.4) is 0 Å². The van der Waals surface area contributed by atoms with Crippen LogP contribution in [0.2, 0.25) is 0 Å². The van der Waals surface area contributed by atoms with E-state index in [0.29, 0.717) is 0 Å². The molecule has 4 heteroatoms. The van der Waals surface area contributed by atoms with Crippen molar-refractivity contribution in [1.82, 2.24) is 4.98 Å². The summed E-state index contributed by atoms with van der Waals surface area (Å²) in [6.45, 7) is 0. The number of carboxylic acids is 1. The molecular weight excluding hydrogens is 348 g/mol. The Morgan fingerprint density at radius 2 is 1.43 bits per heavy atom. The first-order chi connectivity index (χ1) is 13.7. The van der Waals surface area contributed by atoms with Crippen LogP contribution in [0.4, 0.5) is 11.4 Å². The number of carboxylic acid groups (broad SMARTS) is 1. The van der Waals surface area contributed by atoms with E-state index in [1.165, 1.54) is 6.08 Å². The van der Waals surface area contributed by atoms with Crippen LogP contribution in [0.25, 0.3) is 27.9 Å². The Balaban J connectivity index is 1.67. The van der Waals surface area contributed by atoms with Crippen molar-refractivity contribution in [2.24, 2.45) is 0 Å². The van der Waals surface area contributed by atoms with E-state index < -0.39 is 5.97 Å². The number of pyridine rings is 1. The maximum Gasteiger partial charge on any atom is 0.328 e. The van der Waals surface area contributed by atoms with Gasteiger partial charge in [-0.1, -0.05) is 66.8 Å². The van der Waals surface area contributed by atoms with Crippen LogP contribution in [0.5, 0.6) is 0 Å². The Kier molecular flexibility index (Phi) is 4.85. The molecule has 0 unspecified atom stereocenters. The van der Waals surface area contributed by atoms with Crippen LogP contribution in [0.1, 0.15) is 5.56 Å². The van der Waals surface area contributed by atoms with Gasteiger partial charge in [0.15, 0.2) is 0 Å². The van der Waals surface area contributed by atoms with Gasteiger partial charge >= 0.3 is 5.97 Å². The molecule has 0 spiro atoms. The van der Waals surface area contributed by atoms with Crippen molar-refractivity contribution < 1.29 is 9.90 Å². The van der Waals surface area contributed by atoms with Crippen LogP contribution in [-0.4, -0.2) is 16.1 Å². The van der Waals surface area contributed by atoms with E-state index in [2.05, 4.69) is 17.4 Å². The first-order valence-electron chi connectivity index (χ1n) is 8.93. The predicted molar refractivity (Wildman–Crippen MR) is 115 cm³/mol. The molecule has 4 nitrogen and oxygen atoms in total. The predicted octanol–water partition coefficient (Wildman–Crippen LogP) is 5.79. The van der Waals surface area contributed by atoms with Gasteiger partial charge in [-0.3, -0.25) is 0 Å². The summed E-state index contributed by atoms with van der Waals surface area (Å²) in [7, 11) is 0. The number of fused-ring (bicyclic) bond motifs is 2. The van der Waals surface area contributed by atoms with Crippen molar-refractivity contribution in [3.63, 3.8) is 0 Å². The van der Waals surface area contributed by atoms with Gasteiger partial charge in [0, 0.05) is 22.5 Å². The molecule has 0 fully saturated rings. The highest BCUT2D eigenvalue weighted by molar-refractivity contribution is 6.08. The first-order valence-corrected chi connectivity index (χ1v) is 8.93. The van der Waals surface area contributed by atoms with Crippen molar-refractivity contribution in [2.75, 3.05) is 5.32 Å². The Morgan fingerprint density at radius 3 is 2.04 bits per heavy atom. The lowest BCUT2D eigenvalue weighted by molar-refractivity contribution is -0.131. The third kappa shape index (κ3) is 3.76. The summed E-state index contributed by atoms with van der Waals surface area (Å²) in [5.74, 6) is -0.957. The van der Waals surface area contributed by atoms with Crippen molar-refractivity contribution in [1.29, 1.82) is 0 Å². The second-order valence-corrected chi connectivity index (χ2v) is 6.32. The quantitative estimate of drug-likeness (QED) is 0.267. The van der Waals surface area contributed by atoms with Crippen LogP contribution < -0.4 is 5.32 Å². The minimum Gasteiger partial charge on any atom is -0.478 e. The van der Waals surface area contributed by atoms with Gasteiger partial charge in [-0.05, 0) is 29.8 Å². The molecule has 0 saturated carbocycles. The van der Waals surface area contributed by atoms with Crippen molar-refractivity contribution >= 4 is 45.2 Å². The van der Waals surface area contributed by atoms with Crippen LogP contribution >= 0.6 is 0 Å². The topological polar surface area (TPSA) is 62.2 Å². The smallest absolute Gasteiger partial charge is 0.328 e. The molecule has 0 aliphatic carbocycles. The molecule has 4 aromatic rings. The third-order valence-electron chi connectivity index (χ3n) is 4.41. The largest absolute Gasteiger partial charge is 0.478 e. The zero-order chi connectivity index (χ0) is 19.3. The molecule has 2 N–H and O–H groups in total. The van der Waals surface area contributed by atoms with Crippen LogP contribution in [0.15, 0.2) is 91.0 Å². The number of allylic oxidation sites excluding steroid dienone is 2. The number of para-hydroxylation sites is 2. The number of aliphatic carboxylic acids is 1. The summed E-state index contributed by atoms with van der Waals surface area (Å²) in [5, 5.41) is 14.3. The second kappa shape index (κ2) is 7.76. The van der Waals surface area contributed by atoms with Crippen LogP contribution in [-0.2, 0) is 4.79 Å². The van der Waals surface area contributed by atoms with Gasteiger partial charge in [0.2, 0.25) is 0 Å². The fraction of sp³-hybridized carbons (Fsp3) is 0. The van der Waals surface area contributed by atoms with E-state index in [9.17, 15) is 4.79 Å². The summed E-state index contributed by atoms with van der Waals surface area (Å²) in [5.41, 5.74) is 4.90. The zero-order valence-electron chi connectivity index (χ0n) is 15.0. The number of nitrogens with zero attached hydrogens (tertiary/aromatic N) is 1. The Bertz CT molecular complexity index is 1150. The number of aromatic nitrogens is 1. The SMILES string of the molecule is O=C(O)/C=C/C=C/c1ccc(Nc2c3ccccc3nc3ccccc23)cc1. The van der Waals surface area contributed by atoms with Gasteiger partial charge in [0.25, 0.3) is 0 Å². The van der Waals surface area contributed by atoms with E-state index in [4.69, 9.17) is 10.1 Å². The number of rotatable bonds is 5. The summed E-state index contributed by atoms with van der Waals surface area (Å²) in [6.07, 6.45) is 6.18. The fourth-order valence-electron chi connectivity index (χ4n) is 3.10. The van der Waals surface area contributed by atoms with Gasteiger partial charge in [-0.25, -0.2) is 9.78 Å². The molecule has 3 aromatic carbocycles.